The van der Waals surface area contributed by atoms with Gasteiger partial charge in [0.2, 0.25) is 0 Å². The molecule has 7 heteroatoms. The summed E-state index contributed by atoms with van der Waals surface area (Å²) in [4.78, 5) is 11.0. The average Bonchev–Trinajstić information content (AvgIpc) is 2.45. The van der Waals surface area contributed by atoms with Crippen LogP contribution in [0, 0.1) is 5.82 Å². The van der Waals surface area contributed by atoms with Crippen molar-refractivity contribution in [3.8, 4) is 0 Å². The zero-order valence-corrected chi connectivity index (χ0v) is 12.0. The van der Waals surface area contributed by atoms with Gasteiger partial charge in [0.1, 0.15) is 11.4 Å². The van der Waals surface area contributed by atoms with Crippen LogP contribution in [-0.2, 0) is 10.0 Å². The number of rotatable bonds is 5. The first kappa shape index (κ1) is 15.7. The summed E-state index contributed by atoms with van der Waals surface area (Å²) >= 11 is 0. The van der Waals surface area contributed by atoms with Crippen molar-refractivity contribution in [2.24, 2.45) is 0 Å². The van der Waals surface area contributed by atoms with Gasteiger partial charge in [-0.1, -0.05) is 36.4 Å². The fourth-order valence-electron chi connectivity index (χ4n) is 1.75. The third-order valence-corrected chi connectivity index (χ3v) is 3.72. The van der Waals surface area contributed by atoms with Crippen LogP contribution >= 0.6 is 0 Å². The number of halogens is 1. The van der Waals surface area contributed by atoms with E-state index in [9.17, 15) is 17.6 Å². The zero-order valence-electron chi connectivity index (χ0n) is 11.2. The average molecular weight is 321 g/mol. The Morgan fingerprint density at radius 1 is 1.09 bits per heavy atom. The molecular formula is C15H12FNO4S. The summed E-state index contributed by atoms with van der Waals surface area (Å²) in [6.07, 6.45) is 1.35. The van der Waals surface area contributed by atoms with Crippen molar-refractivity contribution in [2.75, 3.05) is 4.72 Å². The molecule has 0 heterocycles. The molecule has 2 N–H and O–H groups in total. The lowest BCUT2D eigenvalue weighted by Crippen LogP contribution is -2.13. The van der Waals surface area contributed by atoms with E-state index in [-0.39, 0.29) is 5.69 Å². The van der Waals surface area contributed by atoms with Crippen molar-refractivity contribution >= 4 is 27.8 Å². The molecule has 5 nitrogen and oxygen atoms in total. The number of carboxylic acids is 1. The Morgan fingerprint density at radius 2 is 1.77 bits per heavy atom. The molecule has 0 bridgehead atoms. The van der Waals surface area contributed by atoms with Gasteiger partial charge >= 0.3 is 5.97 Å². The van der Waals surface area contributed by atoms with Crippen LogP contribution < -0.4 is 4.72 Å². The molecule has 0 spiro atoms. The van der Waals surface area contributed by atoms with Crippen molar-refractivity contribution < 1.29 is 22.7 Å². The maximum Gasteiger partial charge on any atom is 0.340 e. The summed E-state index contributed by atoms with van der Waals surface area (Å²) in [5.41, 5.74) is -0.394. The quantitative estimate of drug-likeness (QED) is 0.887. The number of hydrogen-bond donors (Lipinski definition) is 2. The molecule has 0 saturated heterocycles. The number of nitrogens with one attached hydrogen (secondary N) is 1. The largest absolute Gasteiger partial charge is 0.478 e. The number of aromatic carboxylic acids is 1. The van der Waals surface area contributed by atoms with Gasteiger partial charge in [0, 0.05) is 0 Å². The van der Waals surface area contributed by atoms with E-state index in [2.05, 4.69) is 0 Å². The third-order valence-electron chi connectivity index (χ3n) is 2.72. The zero-order chi connectivity index (χ0) is 16.2. The highest BCUT2D eigenvalue weighted by Gasteiger charge is 2.18. The van der Waals surface area contributed by atoms with Gasteiger partial charge in [0.25, 0.3) is 10.0 Å². The maximum atomic E-state index is 13.5. The van der Waals surface area contributed by atoms with Crippen LogP contribution in [0.4, 0.5) is 10.1 Å². The monoisotopic (exact) mass is 321 g/mol. The van der Waals surface area contributed by atoms with E-state index in [1.165, 1.54) is 18.2 Å². The van der Waals surface area contributed by atoms with E-state index in [4.69, 9.17) is 5.11 Å². The van der Waals surface area contributed by atoms with Crippen molar-refractivity contribution in [1.82, 2.24) is 0 Å². The fraction of sp³-hybridized carbons (Fsp3) is 0. The molecule has 114 valence electrons. The highest BCUT2D eigenvalue weighted by molar-refractivity contribution is 7.95. The van der Waals surface area contributed by atoms with Gasteiger partial charge < -0.3 is 5.11 Å². The van der Waals surface area contributed by atoms with Crippen LogP contribution in [0.1, 0.15) is 15.9 Å². The van der Waals surface area contributed by atoms with Crippen molar-refractivity contribution in [3.63, 3.8) is 0 Å². The SMILES string of the molecule is O=C(O)c1c(F)cccc1NS(=O)(=O)C=Cc1ccccc1. The Hall–Kier alpha value is -2.67. The second-order valence-corrected chi connectivity index (χ2v) is 5.89. The lowest BCUT2D eigenvalue weighted by atomic mass is 10.2. The molecule has 0 saturated carbocycles. The molecule has 0 radical (unpaired) electrons. The van der Waals surface area contributed by atoms with Crippen LogP contribution in [0.5, 0.6) is 0 Å². The molecule has 0 aliphatic carbocycles. The second kappa shape index (κ2) is 6.40. The van der Waals surface area contributed by atoms with Gasteiger partial charge in [-0.25, -0.2) is 17.6 Å². The summed E-state index contributed by atoms with van der Waals surface area (Å²) in [5, 5.41) is 9.85. The summed E-state index contributed by atoms with van der Waals surface area (Å²) in [7, 11) is -3.97. The molecule has 0 aliphatic rings. The van der Waals surface area contributed by atoms with Gasteiger partial charge in [-0.3, -0.25) is 4.72 Å². The molecule has 2 aromatic carbocycles. The number of anilines is 1. The van der Waals surface area contributed by atoms with Crippen LogP contribution in [0.2, 0.25) is 0 Å². The number of sulfonamides is 1. The summed E-state index contributed by atoms with van der Waals surface area (Å²) < 4.78 is 39.4. The Bertz CT molecular complexity index is 817. The van der Waals surface area contributed by atoms with Crippen LogP contribution in [0.25, 0.3) is 6.08 Å². The summed E-state index contributed by atoms with van der Waals surface area (Å²) in [6, 6.07) is 12.0. The number of hydrogen-bond acceptors (Lipinski definition) is 3. The van der Waals surface area contributed by atoms with Gasteiger partial charge in [-0.05, 0) is 23.8 Å². The van der Waals surface area contributed by atoms with E-state index < -0.39 is 27.4 Å². The molecule has 0 unspecified atom stereocenters. The minimum atomic E-state index is -3.97. The molecule has 22 heavy (non-hydrogen) atoms. The normalized spacial score (nSPS) is 11.5. The summed E-state index contributed by atoms with van der Waals surface area (Å²) in [5.74, 6) is -2.57. The molecule has 2 rings (SSSR count). The van der Waals surface area contributed by atoms with Gasteiger partial charge in [0.05, 0.1) is 11.1 Å². The standard InChI is InChI=1S/C15H12FNO4S/c16-12-7-4-8-13(14(12)15(18)19)17-22(20,21)10-9-11-5-2-1-3-6-11/h1-10,17H,(H,18,19). The van der Waals surface area contributed by atoms with Crippen molar-refractivity contribution in [2.45, 2.75) is 0 Å². The Morgan fingerprint density at radius 3 is 2.41 bits per heavy atom. The first-order valence-corrected chi connectivity index (χ1v) is 7.71. The highest BCUT2D eigenvalue weighted by atomic mass is 32.2. The summed E-state index contributed by atoms with van der Waals surface area (Å²) in [6.45, 7) is 0. The maximum absolute atomic E-state index is 13.5. The molecule has 0 aromatic heterocycles. The van der Waals surface area contributed by atoms with Gasteiger partial charge in [-0.2, -0.15) is 0 Å². The van der Waals surface area contributed by atoms with E-state index in [0.717, 1.165) is 11.5 Å². The molecule has 0 fully saturated rings. The highest BCUT2D eigenvalue weighted by Crippen LogP contribution is 2.20. The minimum absolute atomic E-state index is 0.329. The number of carbonyl (C=O) groups is 1. The fourth-order valence-corrected chi connectivity index (χ4v) is 2.63. The third kappa shape index (κ3) is 3.92. The lowest BCUT2D eigenvalue weighted by molar-refractivity contribution is 0.0693. The Labute approximate surface area is 126 Å². The molecular weight excluding hydrogens is 309 g/mol. The molecule has 0 amide bonds. The van der Waals surface area contributed by atoms with Crippen LogP contribution in [0.3, 0.4) is 0 Å². The number of benzene rings is 2. The molecule has 0 aliphatic heterocycles. The predicted octanol–water partition coefficient (Wildman–Crippen LogP) is 2.94. The smallest absolute Gasteiger partial charge is 0.340 e. The lowest BCUT2D eigenvalue weighted by Gasteiger charge is -2.08. The molecule has 0 atom stereocenters. The van der Waals surface area contributed by atoms with Gasteiger partial charge in [0.15, 0.2) is 0 Å². The topological polar surface area (TPSA) is 83.5 Å². The van der Waals surface area contributed by atoms with Crippen molar-refractivity contribution in [1.29, 1.82) is 0 Å². The van der Waals surface area contributed by atoms with Crippen LogP contribution in [-0.4, -0.2) is 19.5 Å². The minimum Gasteiger partial charge on any atom is -0.478 e. The van der Waals surface area contributed by atoms with E-state index >= 15 is 0 Å². The van der Waals surface area contributed by atoms with Crippen LogP contribution in [0.15, 0.2) is 53.9 Å². The Kier molecular flexibility index (Phi) is 4.57. The van der Waals surface area contributed by atoms with E-state index in [1.807, 2.05) is 4.72 Å². The second-order valence-electron chi connectivity index (χ2n) is 4.33. The van der Waals surface area contributed by atoms with Crippen molar-refractivity contribution in [3.05, 3.63) is 70.9 Å². The van der Waals surface area contributed by atoms with Gasteiger partial charge in [-0.15, -0.1) is 0 Å². The molecule has 2 aromatic rings. The Balaban J connectivity index is 2.29. The number of carboxylic acid groups (broad SMARTS) is 1. The van der Waals surface area contributed by atoms with E-state index in [1.54, 1.807) is 30.3 Å². The predicted molar refractivity (Wildman–Crippen MR) is 81.4 cm³/mol. The van der Waals surface area contributed by atoms with E-state index in [0.29, 0.717) is 5.56 Å². The first-order chi connectivity index (χ1) is 10.4. The first-order valence-electron chi connectivity index (χ1n) is 6.17.